The van der Waals surface area contributed by atoms with Crippen LogP contribution in [0.2, 0.25) is 0 Å². The van der Waals surface area contributed by atoms with Crippen LogP contribution in [0.5, 0.6) is 0 Å². The van der Waals surface area contributed by atoms with Crippen molar-refractivity contribution in [1.29, 1.82) is 0 Å². The molecule has 0 fully saturated rings. The van der Waals surface area contributed by atoms with Gasteiger partial charge in [-0.2, -0.15) is 0 Å². The molecule has 26 heavy (non-hydrogen) atoms. The molecule has 0 saturated heterocycles. The predicted molar refractivity (Wildman–Crippen MR) is 115 cm³/mol. The number of nitrogens with two attached hydrogens (primary N) is 1. The van der Waals surface area contributed by atoms with E-state index in [2.05, 4.69) is 75.2 Å². The van der Waals surface area contributed by atoms with Crippen molar-refractivity contribution in [3.63, 3.8) is 0 Å². The van der Waals surface area contributed by atoms with E-state index in [0.29, 0.717) is 5.92 Å². The van der Waals surface area contributed by atoms with Gasteiger partial charge >= 0.3 is 0 Å². The molecule has 1 aliphatic rings. The normalized spacial score (nSPS) is 17.0. The Morgan fingerprint density at radius 1 is 1.23 bits per heavy atom. The van der Waals surface area contributed by atoms with Crippen LogP contribution in [0.15, 0.2) is 66.5 Å². The highest BCUT2D eigenvalue weighted by atomic mass is 14.7. The molecule has 1 aromatic carbocycles. The molecule has 138 valence electrons. The maximum absolute atomic E-state index is 5.52. The summed E-state index contributed by atoms with van der Waals surface area (Å²) in [6.07, 6.45) is 13.5. The van der Waals surface area contributed by atoms with Gasteiger partial charge in [0.2, 0.25) is 0 Å². The van der Waals surface area contributed by atoms with Gasteiger partial charge in [0.25, 0.3) is 0 Å². The highest BCUT2D eigenvalue weighted by Gasteiger charge is 2.20. The number of benzene rings is 1. The monoisotopic (exact) mass is 348 g/mol. The number of rotatable bonds is 4. The van der Waals surface area contributed by atoms with Gasteiger partial charge in [-0.15, -0.1) is 0 Å². The van der Waals surface area contributed by atoms with Gasteiger partial charge in [-0.3, -0.25) is 4.98 Å². The minimum Gasteiger partial charge on any atom is -0.405 e. The Balaban J connectivity index is 0.000000431. The van der Waals surface area contributed by atoms with Gasteiger partial charge in [-0.1, -0.05) is 75.3 Å². The van der Waals surface area contributed by atoms with Crippen molar-refractivity contribution in [2.24, 2.45) is 17.6 Å². The third-order valence-corrected chi connectivity index (χ3v) is 4.87. The lowest BCUT2D eigenvalue weighted by Crippen LogP contribution is -2.08. The van der Waals surface area contributed by atoms with Gasteiger partial charge in [0.1, 0.15) is 0 Å². The molecule has 2 heteroatoms. The summed E-state index contributed by atoms with van der Waals surface area (Å²) in [5.41, 5.74) is 9.26. The third kappa shape index (κ3) is 5.32. The second kappa shape index (κ2) is 9.96. The van der Waals surface area contributed by atoms with Crippen LogP contribution in [0.1, 0.15) is 52.7 Å². The molecular formula is C24H32N2. The van der Waals surface area contributed by atoms with E-state index in [0.717, 1.165) is 24.5 Å². The van der Waals surface area contributed by atoms with Crippen LogP contribution in [0.4, 0.5) is 0 Å². The summed E-state index contributed by atoms with van der Waals surface area (Å²) in [7, 11) is 0. The standard InChI is InChI=1S/C19H20N2.C5H12/c1-14-8-9-15(6-4-11-20)18(13-14)19-17-7-3-2-5-16(17)10-12-21-19;1-4-5(2)3/h2-5,7-8,10-13,15H,6,9,20H2,1H3;5H,4H2,1-3H3. The first-order valence-corrected chi connectivity index (χ1v) is 9.66. The zero-order valence-corrected chi connectivity index (χ0v) is 16.6. The number of aromatic nitrogens is 1. The second-order valence-electron chi connectivity index (χ2n) is 7.33. The Kier molecular flexibility index (Phi) is 7.65. The van der Waals surface area contributed by atoms with Crippen LogP contribution in [0, 0.1) is 11.8 Å². The van der Waals surface area contributed by atoms with Crippen LogP contribution in [0.3, 0.4) is 0 Å². The van der Waals surface area contributed by atoms with Crippen molar-refractivity contribution in [3.8, 4) is 0 Å². The molecule has 1 heterocycles. The van der Waals surface area contributed by atoms with Gasteiger partial charge in [0, 0.05) is 11.6 Å². The number of pyridine rings is 1. The van der Waals surface area contributed by atoms with E-state index >= 15 is 0 Å². The summed E-state index contributed by atoms with van der Waals surface area (Å²) < 4.78 is 0. The van der Waals surface area contributed by atoms with Crippen LogP contribution in [0.25, 0.3) is 16.3 Å². The van der Waals surface area contributed by atoms with Gasteiger partial charge in [-0.25, -0.2) is 0 Å². The third-order valence-electron chi connectivity index (χ3n) is 4.87. The molecule has 1 aromatic heterocycles. The molecule has 2 nitrogen and oxygen atoms in total. The van der Waals surface area contributed by atoms with Crippen molar-refractivity contribution in [3.05, 3.63) is 72.2 Å². The summed E-state index contributed by atoms with van der Waals surface area (Å²) in [5, 5.41) is 2.46. The second-order valence-corrected chi connectivity index (χ2v) is 7.33. The van der Waals surface area contributed by atoms with Crippen LogP contribution < -0.4 is 5.73 Å². The molecule has 0 spiro atoms. The number of hydrogen-bond donors (Lipinski definition) is 1. The molecular weight excluding hydrogens is 316 g/mol. The van der Waals surface area contributed by atoms with Crippen LogP contribution in [-0.4, -0.2) is 4.98 Å². The average molecular weight is 349 g/mol. The largest absolute Gasteiger partial charge is 0.405 e. The summed E-state index contributed by atoms with van der Waals surface area (Å²) in [6.45, 7) is 8.80. The topological polar surface area (TPSA) is 38.9 Å². The smallest absolute Gasteiger partial charge is 0.0743 e. The highest BCUT2D eigenvalue weighted by Crippen LogP contribution is 2.36. The van der Waals surface area contributed by atoms with Crippen molar-refractivity contribution >= 4 is 16.3 Å². The van der Waals surface area contributed by atoms with Gasteiger partial charge in [-0.05, 0) is 54.8 Å². The van der Waals surface area contributed by atoms with Gasteiger partial charge in [0.15, 0.2) is 0 Å². The molecule has 0 amide bonds. The lowest BCUT2D eigenvalue weighted by atomic mass is 9.83. The summed E-state index contributed by atoms with van der Waals surface area (Å²) >= 11 is 0. The predicted octanol–water partition coefficient (Wildman–Crippen LogP) is 6.50. The molecule has 2 N–H and O–H groups in total. The Labute approximate surface area is 158 Å². The van der Waals surface area contributed by atoms with E-state index in [9.17, 15) is 0 Å². The Morgan fingerprint density at radius 2 is 1.96 bits per heavy atom. The summed E-state index contributed by atoms with van der Waals surface area (Å²) in [5.74, 6) is 1.34. The fraction of sp³-hybridized carbons (Fsp3) is 0.375. The number of fused-ring (bicyclic) bond motifs is 1. The van der Waals surface area contributed by atoms with Crippen LogP contribution in [-0.2, 0) is 0 Å². The summed E-state index contributed by atoms with van der Waals surface area (Å²) in [6, 6.07) is 10.5. The van der Waals surface area contributed by atoms with Crippen molar-refractivity contribution in [2.75, 3.05) is 0 Å². The molecule has 1 atom stereocenters. The number of allylic oxidation sites excluding steroid dienone is 5. The van der Waals surface area contributed by atoms with E-state index in [4.69, 9.17) is 5.73 Å². The zero-order chi connectivity index (χ0) is 18.9. The van der Waals surface area contributed by atoms with Crippen molar-refractivity contribution < 1.29 is 0 Å². The molecule has 1 aliphatic carbocycles. The fourth-order valence-corrected chi connectivity index (χ4v) is 2.95. The molecule has 1 unspecified atom stereocenters. The maximum Gasteiger partial charge on any atom is 0.0743 e. The fourth-order valence-electron chi connectivity index (χ4n) is 2.95. The zero-order valence-electron chi connectivity index (χ0n) is 16.6. The van der Waals surface area contributed by atoms with Crippen molar-refractivity contribution in [2.45, 2.75) is 47.0 Å². The molecule has 0 saturated carbocycles. The molecule has 0 radical (unpaired) electrons. The number of hydrogen-bond acceptors (Lipinski definition) is 2. The Hall–Kier alpha value is -2.35. The van der Waals surface area contributed by atoms with Crippen molar-refractivity contribution in [1.82, 2.24) is 4.98 Å². The quantitative estimate of drug-likeness (QED) is 0.685. The Morgan fingerprint density at radius 3 is 2.65 bits per heavy atom. The van der Waals surface area contributed by atoms with E-state index in [1.807, 2.05) is 12.3 Å². The highest BCUT2D eigenvalue weighted by molar-refractivity contribution is 5.93. The first kappa shape index (κ1) is 20.0. The van der Waals surface area contributed by atoms with Gasteiger partial charge < -0.3 is 5.73 Å². The lowest BCUT2D eigenvalue weighted by molar-refractivity contribution is 0.626. The van der Waals surface area contributed by atoms with E-state index in [1.165, 1.54) is 28.3 Å². The molecule has 2 aromatic rings. The number of nitrogens with zero attached hydrogens (tertiary/aromatic N) is 1. The molecule has 0 aliphatic heterocycles. The first-order chi connectivity index (χ1) is 12.6. The van der Waals surface area contributed by atoms with Gasteiger partial charge in [0.05, 0.1) is 5.69 Å². The Bertz CT molecular complexity index is 789. The minimum atomic E-state index is 0.451. The maximum atomic E-state index is 5.52. The van der Waals surface area contributed by atoms with E-state index in [-0.39, 0.29) is 0 Å². The first-order valence-electron chi connectivity index (χ1n) is 9.66. The van der Waals surface area contributed by atoms with E-state index < -0.39 is 0 Å². The molecule has 0 bridgehead atoms. The van der Waals surface area contributed by atoms with E-state index in [1.54, 1.807) is 6.20 Å². The molecule has 3 rings (SSSR count). The lowest BCUT2D eigenvalue weighted by Gasteiger charge is -2.22. The SMILES string of the molecule is CC1=CCC(CC=CN)C(c2nccc3ccccc23)=C1.CCC(C)C. The minimum absolute atomic E-state index is 0.451. The average Bonchev–Trinajstić information content (AvgIpc) is 2.67. The summed E-state index contributed by atoms with van der Waals surface area (Å²) in [4.78, 5) is 4.67. The van der Waals surface area contributed by atoms with Crippen LogP contribution >= 0.6 is 0 Å².